The van der Waals surface area contributed by atoms with Crippen LogP contribution in [0.4, 0.5) is 0 Å². The average molecular weight is 452 g/mol. The van der Waals surface area contributed by atoms with Gasteiger partial charge >= 0.3 is 0 Å². The molecule has 0 aliphatic rings. The first-order valence-corrected chi connectivity index (χ1v) is 12.5. The highest BCUT2D eigenvalue weighted by atomic mass is 15.3. The van der Waals surface area contributed by atoms with Gasteiger partial charge in [0.15, 0.2) is 5.82 Å². The Bertz CT molecular complexity index is 1170. The third-order valence-corrected chi connectivity index (χ3v) is 6.89. The van der Waals surface area contributed by atoms with Crippen LogP contribution in [0.1, 0.15) is 82.7 Å². The summed E-state index contributed by atoms with van der Waals surface area (Å²) in [5.74, 6) is 2.84. The lowest BCUT2D eigenvalue weighted by Gasteiger charge is -2.20. The highest BCUT2D eigenvalue weighted by Gasteiger charge is 2.23. The van der Waals surface area contributed by atoms with Crippen molar-refractivity contribution in [2.24, 2.45) is 0 Å². The smallest absolute Gasteiger partial charge is 0.168 e. The van der Waals surface area contributed by atoms with Crippen molar-refractivity contribution in [1.29, 1.82) is 0 Å². The Kier molecular flexibility index (Phi) is 7.31. The summed E-state index contributed by atoms with van der Waals surface area (Å²) in [4.78, 5) is 0. The van der Waals surface area contributed by atoms with Gasteiger partial charge in [0.1, 0.15) is 5.82 Å². The normalized spacial score (nSPS) is 13.6. The maximum Gasteiger partial charge on any atom is 0.168 e. The van der Waals surface area contributed by atoms with Crippen LogP contribution in [-0.4, -0.2) is 14.8 Å². The molecule has 0 aliphatic heterocycles. The first-order chi connectivity index (χ1) is 16.4. The number of hydrogen-bond acceptors (Lipinski definition) is 2. The summed E-state index contributed by atoms with van der Waals surface area (Å²) in [6.07, 6.45) is 3.25. The minimum absolute atomic E-state index is 0.125. The Morgan fingerprint density at radius 3 is 1.97 bits per heavy atom. The van der Waals surface area contributed by atoms with Gasteiger partial charge in [-0.05, 0) is 53.9 Å². The molecule has 0 radical (unpaired) electrons. The number of nitrogens with zero attached hydrogens (tertiary/aromatic N) is 3. The fourth-order valence-corrected chi connectivity index (χ4v) is 4.61. The maximum absolute atomic E-state index is 4.77. The van der Waals surface area contributed by atoms with Crippen molar-refractivity contribution < 1.29 is 0 Å². The lowest BCUT2D eigenvalue weighted by molar-refractivity contribution is 0.509. The van der Waals surface area contributed by atoms with E-state index in [1.54, 1.807) is 0 Å². The van der Waals surface area contributed by atoms with Crippen LogP contribution in [-0.2, 0) is 5.41 Å². The summed E-state index contributed by atoms with van der Waals surface area (Å²) in [7, 11) is 0. The first kappa shape index (κ1) is 23.9. The lowest BCUT2D eigenvalue weighted by atomic mass is 9.86. The zero-order chi connectivity index (χ0) is 24.1. The van der Waals surface area contributed by atoms with Gasteiger partial charge in [-0.15, -0.1) is 10.2 Å². The van der Waals surface area contributed by atoms with Gasteiger partial charge < -0.3 is 0 Å². The molecular formula is C31H37N3. The molecule has 2 atom stereocenters. The summed E-state index contributed by atoms with van der Waals surface area (Å²) in [5.41, 5.74) is 5.07. The van der Waals surface area contributed by atoms with Crippen molar-refractivity contribution in [3.05, 3.63) is 102 Å². The van der Waals surface area contributed by atoms with Crippen molar-refractivity contribution in [2.75, 3.05) is 0 Å². The molecule has 0 spiro atoms. The Balaban J connectivity index is 1.67. The van der Waals surface area contributed by atoms with Gasteiger partial charge in [0.05, 0.1) is 0 Å². The van der Waals surface area contributed by atoms with Crippen LogP contribution in [0.15, 0.2) is 84.9 Å². The largest absolute Gasteiger partial charge is 0.279 e. The Labute approximate surface area is 204 Å². The van der Waals surface area contributed by atoms with E-state index < -0.39 is 0 Å². The summed E-state index contributed by atoms with van der Waals surface area (Å²) in [6, 6.07) is 30.2. The molecule has 3 heteroatoms. The molecule has 4 aromatic rings. The van der Waals surface area contributed by atoms with Gasteiger partial charge in [-0.3, -0.25) is 4.57 Å². The molecule has 0 amide bonds. The van der Waals surface area contributed by atoms with Crippen molar-refractivity contribution in [3.8, 4) is 17.1 Å². The zero-order valence-corrected chi connectivity index (χ0v) is 21.2. The van der Waals surface area contributed by atoms with E-state index in [4.69, 9.17) is 10.2 Å². The molecule has 3 nitrogen and oxygen atoms in total. The third kappa shape index (κ3) is 5.30. The van der Waals surface area contributed by atoms with E-state index >= 15 is 0 Å². The van der Waals surface area contributed by atoms with E-state index in [9.17, 15) is 0 Å². The first-order valence-electron chi connectivity index (χ1n) is 12.5. The number of para-hydroxylation sites is 1. The van der Waals surface area contributed by atoms with E-state index in [2.05, 4.69) is 124 Å². The minimum atomic E-state index is 0.125. The molecule has 1 aromatic heterocycles. The van der Waals surface area contributed by atoms with Gasteiger partial charge in [0, 0.05) is 17.2 Å². The molecule has 4 rings (SSSR count). The lowest BCUT2D eigenvalue weighted by Crippen LogP contribution is -2.11. The average Bonchev–Trinajstić information content (AvgIpc) is 3.30. The standard InChI is InChI=1S/C31H37N3/c1-6-24(18-17-23(2)25-13-9-7-10-14-25)29-32-33-30(34(29)28-15-11-8-12-16-28)26-19-21-27(22-20-26)31(3,4)5/h7-16,19-24H,6,17-18H2,1-5H3. The highest BCUT2D eigenvalue weighted by molar-refractivity contribution is 5.59. The Morgan fingerprint density at radius 1 is 0.765 bits per heavy atom. The topological polar surface area (TPSA) is 30.7 Å². The second-order valence-electron chi connectivity index (χ2n) is 10.4. The van der Waals surface area contributed by atoms with E-state index in [1.807, 2.05) is 0 Å². The second-order valence-corrected chi connectivity index (χ2v) is 10.4. The molecule has 0 saturated carbocycles. The molecule has 34 heavy (non-hydrogen) atoms. The summed E-state index contributed by atoms with van der Waals surface area (Å²) >= 11 is 0. The molecule has 0 N–H and O–H groups in total. The van der Waals surface area contributed by atoms with Crippen LogP contribution >= 0.6 is 0 Å². The molecule has 0 fully saturated rings. The summed E-state index contributed by atoms with van der Waals surface area (Å²) in [5, 5.41) is 9.50. The minimum Gasteiger partial charge on any atom is -0.279 e. The number of rotatable bonds is 8. The van der Waals surface area contributed by atoms with Gasteiger partial charge in [0.2, 0.25) is 0 Å². The molecule has 2 unspecified atom stereocenters. The number of benzene rings is 3. The van der Waals surface area contributed by atoms with Crippen LogP contribution in [0.5, 0.6) is 0 Å². The van der Waals surface area contributed by atoms with Crippen LogP contribution in [0.2, 0.25) is 0 Å². The van der Waals surface area contributed by atoms with Crippen molar-refractivity contribution in [2.45, 2.75) is 71.1 Å². The third-order valence-electron chi connectivity index (χ3n) is 6.89. The molecular weight excluding hydrogens is 414 g/mol. The quantitative estimate of drug-likeness (QED) is 0.270. The fraction of sp³-hybridized carbons (Fsp3) is 0.355. The molecule has 0 saturated heterocycles. The molecule has 1 heterocycles. The van der Waals surface area contributed by atoms with Crippen molar-refractivity contribution in [3.63, 3.8) is 0 Å². The Hall–Kier alpha value is -3.20. The highest BCUT2D eigenvalue weighted by Crippen LogP contribution is 2.33. The molecule has 176 valence electrons. The second kappa shape index (κ2) is 10.4. The maximum atomic E-state index is 4.77. The van der Waals surface area contributed by atoms with E-state index in [-0.39, 0.29) is 5.41 Å². The van der Waals surface area contributed by atoms with E-state index in [0.29, 0.717) is 11.8 Å². The SMILES string of the molecule is CCC(CCC(C)c1ccccc1)c1nnc(-c2ccc(C(C)(C)C)cc2)n1-c1ccccc1. The zero-order valence-electron chi connectivity index (χ0n) is 21.2. The monoisotopic (exact) mass is 451 g/mol. The van der Waals surface area contributed by atoms with Crippen molar-refractivity contribution >= 4 is 0 Å². The van der Waals surface area contributed by atoms with Crippen molar-refractivity contribution in [1.82, 2.24) is 14.8 Å². The van der Waals surface area contributed by atoms with Crippen LogP contribution in [0.3, 0.4) is 0 Å². The number of aromatic nitrogens is 3. The van der Waals surface area contributed by atoms with Gasteiger partial charge in [-0.2, -0.15) is 0 Å². The molecule has 3 aromatic carbocycles. The summed E-state index contributed by atoms with van der Waals surface area (Å²) < 4.78 is 2.27. The van der Waals surface area contributed by atoms with Crippen LogP contribution in [0.25, 0.3) is 17.1 Å². The Morgan fingerprint density at radius 2 is 1.38 bits per heavy atom. The predicted octanol–water partition coefficient (Wildman–Crippen LogP) is 8.31. The molecule has 0 bridgehead atoms. The fourth-order valence-electron chi connectivity index (χ4n) is 4.61. The van der Waals surface area contributed by atoms with Crippen LogP contribution in [0, 0.1) is 0 Å². The van der Waals surface area contributed by atoms with E-state index in [1.165, 1.54) is 11.1 Å². The van der Waals surface area contributed by atoms with Gasteiger partial charge in [-0.25, -0.2) is 0 Å². The van der Waals surface area contributed by atoms with Crippen LogP contribution < -0.4 is 0 Å². The van der Waals surface area contributed by atoms with E-state index in [0.717, 1.165) is 42.2 Å². The summed E-state index contributed by atoms with van der Waals surface area (Å²) in [6.45, 7) is 11.3. The number of hydrogen-bond donors (Lipinski definition) is 0. The predicted molar refractivity (Wildman–Crippen MR) is 143 cm³/mol. The molecule has 0 aliphatic carbocycles. The van der Waals surface area contributed by atoms with Gasteiger partial charge in [0.25, 0.3) is 0 Å². The van der Waals surface area contributed by atoms with Gasteiger partial charge in [-0.1, -0.05) is 107 Å².